The van der Waals surface area contributed by atoms with Crippen molar-refractivity contribution in [2.75, 3.05) is 26.3 Å². The van der Waals surface area contributed by atoms with Gasteiger partial charge in [0.1, 0.15) is 0 Å². The highest BCUT2D eigenvalue weighted by Crippen LogP contribution is 2.24. The quantitative estimate of drug-likeness (QED) is 0.493. The van der Waals surface area contributed by atoms with Gasteiger partial charge in [-0.1, -0.05) is 0 Å². The van der Waals surface area contributed by atoms with Crippen LogP contribution in [0.1, 0.15) is 19.8 Å². The van der Waals surface area contributed by atoms with Crippen molar-refractivity contribution < 1.29 is 4.74 Å². The standard InChI is InChI=1S/C11H20N2O/c1-3-4-6-13-11(2,9-12)10-5-7-14-8-10/h1,10,13H,4-9,12H2,2H3. The lowest BCUT2D eigenvalue weighted by Gasteiger charge is -2.34. The molecule has 0 aromatic carbocycles. The molecule has 0 bridgehead atoms. The fraction of sp³-hybridized carbons (Fsp3) is 0.818. The van der Waals surface area contributed by atoms with Crippen molar-refractivity contribution in [2.24, 2.45) is 11.7 Å². The summed E-state index contributed by atoms with van der Waals surface area (Å²) in [6.07, 6.45) is 7.05. The molecule has 0 aliphatic carbocycles. The fourth-order valence-corrected chi connectivity index (χ4v) is 1.84. The van der Waals surface area contributed by atoms with E-state index >= 15 is 0 Å². The Kier molecular flexibility index (Phi) is 4.40. The molecule has 0 amide bonds. The summed E-state index contributed by atoms with van der Waals surface area (Å²) < 4.78 is 5.38. The third-order valence-corrected chi connectivity index (χ3v) is 3.05. The molecule has 0 aromatic rings. The molecule has 1 saturated heterocycles. The van der Waals surface area contributed by atoms with Crippen molar-refractivity contribution in [2.45, 2.75) is 25.3 Å². The molecule has 2 atom stereocenters. The molecule has 80 valence electrons. The number of rotatable bonds is 5. The smallest absolute Gasteiger partial charge is 0.0513 e. The second-order valence-corrected chi connectivity index (χ2v) is 4.06. The molecule has 1 fully saturated rings. The molecule has 1 rings (SSSR count). The number of hydrogen-bond donors (Lipinski definition) is 2. The van der Waals surface area contributed by atoms with Crippen LogP contribution in [0.15, 0.2) is 0 Å². The van der Waals surface area contributed by atoms with Crippen LogP contribution in [0.2, 0.25) is 0 Å². The van der Waals surface area contributed by atoms with Crippen LogP contribution in [0.25, 0.3) is 0 Å². The Morgan fingerprint density at radius 1 is 1.71 bits per heavy atom. The van der Waals surface area contributed by atoms with Crippen LogP contribution in [0, 0.1) is 18.3 Å². The normalized spacial score (nSPS) is 25.6. The van der Waals surface area contributed by atoms with E-state index in [1.165, 1.54) is 0 Å². The monoisotopic (exact) mass is 196 g/mol. The van der Waals surface area contributed by atoms with Gasteiger partial charge in [0.2, 0.25) is 0 Å². The molecule has 14 heavy (non-hydrogen) atoms. The highest BCUT2D eigenvalue weighted by atomic mass is 16.5. The molecule has 1 heterocycles. The van der Waals surface area contributed by atoms with Gasteiger partial charge in [0.15, 0.2) is 0 Å². The zero-order valence-electron chi connectivity index (χ0n) is 8.88. The van der Waals surface area contributed by atoms with Gasteiger partial charge < -0.3 is 15.8 Å². The first kappa shape index (κ1) is 11.5. The van der Waals surface area contributed by atoms with Crippen LogP contribution in [0.4, 0.5) is 0 Å². The predicted molar refractivity (Wildman–Crippen MR) is 57.8 cm³/mol. The topological polar surface area (TPSA) is 47.3 Å². The largest absolute Gasteiger partial charge is 0.381 e. The van der Waals surface area contributed by atoms with Gasteiger partial charge in [0.05, 0.1) is 6.61 Å². The van der Waals surface area contributed by atoms with E-state index in [1.54, 1.807) is 0 Å². The fourth-order valence-electron chi connectivity index (χ4n) is 1.84. The molecule has 2 unspecified atom stereocenters. The zero-order chi connectivity index (χ0) is 10.4. The summed E-state index contributed by atoms with van der Waals surface area (Å²) in [6, 6.07) is 0. The molecule has 3 nitrogen and oxygen atoms in total. The third-order valence-electron chi connectivity index (χ3n) is 3.05. The van der Waals surface area contributed by atoms with Crippen LogP contribution >= 0.6 is 0 Å². The molecule has 3 heteroatoms. The summed E-state index contributed by atoms with van der Waals surface area (Å²) >= 11 is 0. The van der Waals surface area contributed by atoms with E-state index in [0.29, 0.717) is 12.5 Å². The molecule has 0 radical (unpaired) electrons. The van der Waals surface area contributed by atoms with Gasteiger partial charge in [-0.3, -0.25) is 0 Å². The maximum atomic E-state index is 5.80. The highest BCUT2D eigenvalue weighted by Gasteiger charge is 2.34. The summed E-state index contributed by atoms with van der Waals surface area (Å²) in [5, 5.41) is 3.44. The Morgan fingerprint density at radius 3 is 3.00 bits per heavy atom. The van der Waals surface area contributed by atoms with E-state index in [4.69, 9.17) is 16.9 Å². The lowest BCUT2D eigenvalue weighted by Crippen LogP contribution is -2.54. The number of hydrogen-bond acceptors (Lipinski definition) is 3. The van der Waals surface area contributed by atoms with Gasteiger partial charge in [-0.2, -0.15) is 0 Å². The Balaban J connectivity index is 2.43. The Hall–Kier alpha value is -0.560. The van der Waals surface area contributed by atoms with Crippen molar-refractivity contribution in [3.8, 4) is 12.3 Å². The van der Waals surface area contributed by atoms with Crippen LogP contribution in [-0.2, 0) is 4.74 Å². The van der Waals surface area contributed by atoms with Crippen molar-refractivity contribution in [1.29, 1.82) is 0 Å². The Labute approximate surface area is 86.4 Å². The lowest BCUT2D eigenvalue weighted by atomic mass is 9.85. The third kappa shape index (κ3) is 2.71. The molecular formula is C11H20N2O. The van der Waals surface area contributed by atoms with E-state index < -0.39 is 0 Å². The Bertz CT molecular complexity index is 206. The predicted octanol–water partition coefficient (Wildman–Crippen LogP) is 0.353. The molecule has 0 aromatic heterocycles. The van der Waals surface area contributed by atoms with Crippen molar-refractivity contribution in [1.82, 2.24) is 5.32 Å². The van der Waals surface area contributed by atoms with E-state index in [1.807, 2.05) is 0 Å². The first-order valence-electron chi connectivity index (χ1n) is 5.19. The molecular weight excluding hydrogens is 176 g/mol. The summed E-state index contributed by atoms with van der Waals surface area (Å²) in [5.74, 6) is 3.14. The summed E-state index contributed by atoms with van der Waals surface area (Å²) in [4.78, 5) is 0. The van der Waals surface area contributed by atoms with Crippen LogP contribution < -0.4 is 11.1 Å². The second-order valence-electron chi connectivity index (χ2n) is 4.06. The zero-order valence-corrected chi connectivity index (χ0v) is 8.88. The summed E-state index contributed by atoms with van der Waals surface area (Å²) in [7, 11) is 0. The molecule has 0 saturated carbocycles. The Morgan fingerprint density at radius 2 is 2.50 bits per heavy atom. The first-order chi connectivity index (χ1) is 6.73. The SMILES string of the molecule is C#CCCNC(C)(CN)C1CCOC1. The maximum Gasteiger partial charge on any atom is 0.0513 e. The van der Waals surface area contributed by atoms with E-state index in [9.17, 15) is 0 Å². The van der Waals surface area contributed by atoms with Gasteiger partial charge in [0, 0.05) is 37.6 Å². The van der Waals surface area contributed by atoms with Crippen molar-refractivity contribution >= 4 is 0 Å². The van der Waals surface area contributed by atoms with E-state index in [0.717, 1.165) is 32.6 Å². The maximum absolute atomic E-state index is 5.80. The highest BCUT2D eigenvalue weighted by molar-refractivity contribution is 4.94. The van der Waals surface area contributed by atoms with E-state index in [2.05, 4.69) is 18.2 Å². The minimum atomic E-state index is -0.0205. The lowest BCUT2D eigenvalue weighted by molar-refractivity contribution is 0.155. The van der Waals surface area contributed by atoms with Gasteiger partial charge in [0.25, 0.3) is 0 Å². The van der Waals surface area contributed by atoms with Gasteiger partial charge in [-0.05, 0) is 13.3 Å². The summed E-state index contributed by atoms with van der Waals surface area (Å²) in [6.45, 7) is 5.29. The second kappa shape index (κ2) is 5.35. The van der Waals surface area contributed by atoms with Gasteiger partial charge in [-0.15, -0.1) is 12.3 Å². The van der Waals surface area contributed by atoms with Gasteiger partial charge >= 0.3 is 0 Å². The van der Waals surface area contributed by atoms with Crippen molar-refractivity contribution in [3.05, 3.63) is 0 Å². The minimum Gasteiger partial charge on any atom is -0.381 e. The first-order valence-corrected chi connectivity index (χ1v) is 5.19. The van der Waals surface area contributed by atoms with Gasteiger partial charge in [-0.25, -0.2) is 0 Å². The molecule has 1 aliphatic heterocycles. The summed E-state index contributed by atoms with van der Waals surface area (Å²) in [5.41, 5.74) is 5.78. The number of nitrogens with two attached hydrogens (primary N) is 1. The average molecular weight is 196 g/mol. The van der Waals surface area contributed by atoms with Crippen LogP contribution in [-0.4, -0.2) is 31.8 Å². The number of ether oxygens (including phenoxy) is 1. The molecule has 3 N–H and O–H groups in total. The van der Waals surface area contributed by atoms with Crippen molar-refractivity contribution in [3.63, 3.8) is 0 Å². The number of terminal acetylenes is 1. The van der Waals surface area contributed by atoms with Crippen LogP contribution in [0.3, 0.4) is 0 Å². The minimum absolute atomic E-state index is 0.0205. The average Bonchev–Trinajstić information content (AvgIpc) is 2.71. The van der Waals surface area contributed by atoms with E-state index in [-0.39, 0.29) is 5.54 Å². The molecule has 1 aliphatic rings. The molecule has 0 spiro atoms. The van der Waals surface area contributed by atoms with Crippen LogP contribution in [0.5, 0.6) is 0 Å². The number of nitrogens with one attached hydrogen (secondary N) is 1.